The predicted molar refractivity (Wildman–Crippen MR) is 133 cm³/mol. The number of nitrogens with zero attached hydrogens (tertiary/aromatic N) is 3. The molecule has 170 valence electrons. The molecule has 3 heterocycles. The zero-order valence-electron chi connectivity index (χ0n) is 18.7. The average Bonchev–Trinajstić information content (AvgIpc) is 3.41. The van der Waals surface area contributed by atoms with Crippen LogP contribution in [0.3, 0.4) is 0 Å². The van der Waals surface area contributed by atoms with Gasteiger partial charge in [-0.3, -0.25) is 9.59 Å². The molecule has 2 aromatic carbocycles. The summed E-state index contributed by atoms with van der Waals surface area (Å²) in [5.74, 6) is 0.804. The van der Waals surface area contributed by atoms with Gasteiger partial charge < -0.3 is 14.5 Å². The first-order valence-electron chi connectivity index (χ1n) is 10.4. The SMILES string of the molecule is COc1ccc2nc(-n3nc(C)cc3NC(=O)/C=C/c3coc4ccc(C)cc4c3=O)sc2c1. The molecular weight excluding hydrogens is 452 g/mol. The molecule has 0 saturated heterocycles. The molecular formula is C25H20N4O4S. The molecule has 0 aliphatic heterocycles. The van der Waals surface area contributed by atoms with Crippen molar-refractivity contribution in [1.82, 2.24) is 14.8 Å². The van der Waals surface area contributed by atoms with E-state index in [1.165, 1.54) is 29.8 Å². The van der Waals surface area contributed by atoms with Gasteiger partial charge in [-0.05, 0) is 50.3 Å². The van der Waals surface area contributed by atoms with Gasteiger partial charge >= 0.3 is 0 Å². The molecule has 0 fully saturated rings. The van der Waals surface area contributed by atoms with Crippen LogP contribution in [0.1, 0.15) is 16.8 Å². The number of hydrogen-bond donors (Lipinski definition) is 1. The lowest BCUT2D eigenvalue weighted by Crippen LogP contribution is -2.12. The Bertz CT molecular complexity index is 1640. The van der Waals surface area contributed by atoms with Crippen LogP contribution in [0.25, 0.3) is 32.4 Å². The van der Waals surface area contributed by atoms with Crippen molar-refractivity contribution in [3.05, 3.63) is 81.8 Å². The number of aromatic nitrogens is 3. The summed E-state index contributed by atoms with van der Waals surface area (Å²) < 4.78 is 13.4. The standard InChI is InChI=1S/C25H20N4O4S/c1-14-4-8-20-18(10-14)24(31)16(13-33-20)5-9-23(30)27-22-11-15(2)28-29(22)25-26-19-7-6-17(32-3)12-21(19)34-25/h4-13H,1-3H3,(H,27,30)/b9-5+. The Morgan fingerprint density at radius 1 is 1.18 bits per heavy atom. The molecule has 0 radical (unpaired) electrons. The number of methoxy groups -OCH3 is 1. The quantitative estimate of drug-likeness (QED) is 0.367. The van der Waals surface area contributed by atoms with E-state index in [1.54, 1.807) is 30.0 Å². The lowest BCUT2D eigenvalue weighted by Gasteiger charge is -2.04. The van der Waals surface area contributed by atoms with E-state index in [9.17, 15) is 9.59 Å². The number of benzene rings is 2. The number of thiazole rings is 1. The largest absolute Gasteiger partial charge is 0.497 e. The Morgan fingerprint density at radius 2 is 2.03 bits per heavy atom. The third kappa shape index (κ3) is 4.08. The van der Waals surface area contributed by atoms with Gasteiger partial charge in [-0.25, -0.2) is 4.98 Å². The van der Waals surface area contributed by atoms with Crippen molar-refractivity contribution in [2.45, 2.75) is 13.8 Å². The molecule has 8 nitrogen and oxygen atoms in total. The molecule has 3 aromatic heterocycles. The number of rotatable bonds is 5. The zero-order chi connectivity index (χ0) is 23.8. The average molecular weight is 473 g/mol. The van der Waals surface area contributed by atoms with Crippen LogP contribution in [0.2, 0.25) is 0 Å². The van der Waals surface area contributed by atoms with Crippen molar-refractivity contribution < 1.29 is 13.9 Å². The second-order valence-electron chi connectivity index (χ2n) is 7.76. The molecule has 5 aromatic rings. The van der Waals surface area contributed by atoms with Crippen LogP contribution in [0.15, 0.2) is 64.0 Å². The number of ether oxygens (including phenoxy) is 1. The Hall–Kier alpha value is -4.24. The summed E-state index contributed by atoms with van der Waals surface area (Å²) in [6.45, 7) is 3.74. The van der Waals surface area contributed by atoms with Gasteiger partial charge in [0.15, 0.2) is 5.43 Å². The number of fused-ring (bicyclic) bond motifs is 2. The van der Waals surface area contributed by atoms with Gasteiger partial charge in [-0.2, -0.15) is 9.78 Å². The fourth-order valence-corrected chi connectivity index (χ4v) is 4.51. The summed E-state index contributed by atoms with van der Waals surface area (Å²) in [5, 5.41) is 8.38. The number of aryl methyl sites for hydroxylation is 2. The van der Waals surface area contributed by atoms with Gasteiger partial charge in [0.05, 0.1) is 34.0 Å². The molecule has 34 heavy (non-hydrogen) atoms. The molecule has 0 atom stereocenters. The highest BCUT2D eigenvalue weighted by Gasteiger charge is 2.14. The van der Waals surface area contributed by atoms with Crippen molar-refractivity contribution in [2.24, 2.45) is 0 Å². The van der Waals surface area contributed by atoms with Crippen molar-refractivity contribution in [2.75, 3.05) is 12.4 Å². The second kappa shape index (κ2) is 8.60. The molecule has 9 heteroatoms. The van der Waals surface area contributed by atoms with Crippen LogP contribution in [-0.2, 0) is 4.79 Å². The van der Waals surface area contributed by atoms with E-state index in [1.807, 2.05) is 38.1 Å². The summed E-state index contributed by atoms with van der Waals surface area (Å²) >= 11 is 1.44. The molecule has 1 amide bonds. The lowest BCUT2D eigenvalue weighted by atomic mass is 10.1. The van der Waals surface area contributed by atoms with E-state index in [2.05, 4.69) is 15.4 Å². The topological polar surface area (TPSA) is 99.2 Å². The van der Waals surface area contributed by atoms with Gasteiger partial charge in [-0.15, -0.1) is 0 Å². The third-order valence-corrected chi connectivity index (χ3v) is 6.21. The Balaban J connectivity index is 1.41. The number of hydrogen-bond acceptors (Lipinski definition) is 7. The van der Waals surface area contributed by atoms with E-state index in [0.717, 1.165) is 27.2 Å². The fraction of sp³-hybridized carbons (Fsp3) is 0.120. The minimum atomic E-state index is -0.410. The highest BCUT2D eigenvalue weighted by molar-refractivity contribution is 7.20. The van der Waals surface area contributed by atoms with Crippen LogP contribution >= 0.6 is 11.3 Å². The summed E-state index contributed by atoms with van der Waals surface area (Å²) in [6.07, 6.45) is 4.10. The van der Waals surface area contributed by atoms with E-state index in [-0.39, 0.29) is 11.0 Å². The van der Waals surface area contributed by atoms with Crippen molar-refractivity contribution in [3.63, 3.8) is 0 Å². The van der Waals surface area contributed by atoms with E-state index in [4.69, 9.17) is 9.15 Å². The third-order valence-electron chi connectivity index (χ3n) is 5.22. The van der Waals surface area contributed by atoms with Crippen LogP contribution < -0.4 is 15.5 Å². The molecule has 0 unspecified atom stereocenters. The summed E-state index contributed by atoms with van der Waals surface area (Å²) in [7, 11) is 1.62. The number of carbonyl (C=O) groups excluding carboxylic acids is 1. The lowest BCUT2D eigenvalue weighted by molar-refractivity contribution is -0.111. The van der Waals surface area contributed by atoms with Gasteiger partial charge in [-0.1, -0.05) is 23.0 Å². The number of anilines is 1. The molecule has 0 aliphatic rings. The van der Waals surface area contributed by atoms with E-state index >= 15 is 0 Å². The molecule has 0 spiro atoms. The fourth-order valence-electron chi connectivity index (χ4n) is 3.55. The first-order chi connectivity index (χ1) is 16.4. The molecule has 0 aliphatic carbocycles. The first-order valence-corrected chi connectivity index (χ1v) is 11.3. The molecule has 0 bridgehead atoms. The number of amides is 1. The van der Waals surface area contributed by atoms with E-state index < -0.39 is 5.91 Å². The maximum absolute atomic E-state index is 12.8. The Labute approximate surface area is 198 Å². The normalized spacial score (nSPS) is 11.5. The van der Waals surface area contributed by atoms with Crippen molar-refractivity contribution >= 4 is 50.3 Å². The maximum atomic E-state index is 12.8. The maximum Gasteiger partial charge on any atom is 0.249 e. The highest BCUT2D eigenvalue weighted by atomic mass is 32.1. The van der Waals surface area contributed by atoms with Crippen LogP contribution in [0, 0.1) is 13.8 Å². The van der Waals surface area contributed by atoms with Crippen LogP contribution in [-0.4, -0.2) is 27.8 Å². The van der Waals surface area contributed by atoms with E-state index in [0.29, 0.717) is 21.9 Å². The smallest absolute Gasteiger partial charge is 0.249 e. The van der Waals surface area contributed by atoms with Crippen molar-refractivity contribution in [3.8, 4) is 10.9 Å². The van der Waals surface area contributed by atoms with Crippen LogP contribution in [0.5, 0.6) is 5.75 Å². The van der Waals surface area contributed by atoms with Crippen LogP contribution in [0.4, 0.5) is 5.82 Å². The zero-order valence-corrected chi connectivity index (χ0v) is 19.5. The summed E-state index contributed by atoms with van der Waals surface area (Å²) in [5.41, 5.74) is 3.09. The first kappa shape index (κ1) is 21.6. The summed E-state index contributed by atoms with van der Waals surface area (Å²) in [4.78, 5) is 30.0. The van der Waals surface area contributed by atoms with Gasteiger partial charge in [0, 0.05) is 12.1 Å². The second-order valence-corrected chi connectivity index (χ2v) is 8.76. The van der Waals surface area contributed by atoms with Gasteiger partial charge in [0.25, 0.3) is 0 Å². The monoisotopic (exact) mass is 472 g/mol. The Kier molecular flexibility index (Phi) is 5.46. The van der Waals surface area contributed by atoms with Gasteiger partial charge in [0.2, 0.25) is 11.0 Å². The molecule has 5 rings (SSSR count). The van der Waals surface area contributed by atoms with Crippen molar-refractivity contribution in [1.29, 1.82) is 0 Å². The minimum absolute atomic E-state index is 0.195. The Morgan fingerprint density at radius 3 is 2.85 bits per heavy atom. The van der Waals surface area contributed by atoms with Gasteiger partial charge in [0.1, 0.15) is 23.4 Å². The number of nitrogens with one attached hydrogen (secondary N) is 1. The predicted octanol–water partition coefficient (Wildman–Crippen LogP) is 4.87. The minimum Gasteiger partial charge on any atom is -0.497 e. The molecule has 1 N–H and O–H groups in total. The number of carbonyl (C=O) groups is 1. The highest BCUT2D eigenvalue weighted by Crippen LogP contribution is 2.30. The molecule has 0 saturated carbocycles. The summed E-state index contributed by atoms with van der Waals surface area (Å²) in [6, 6.07) is 12.8.